The first kappa shape index (κ1) is 26.1. The van der Waals surface area contributed by atoms with Crippen LogP contribution < -0.4 is 10.2 Å². The first-order chi connectivity index (χ1) is 19.0. The number of anilines is 2. The van der Waals surface area contributed by atoms with Gasteiger partial charge >= 0.3 is 6.09 Å². The highest BCUT2D eigenvalue weighted by atomic mass is 32.1. The van der Waals surface area contributed by atoms with Crippen LogP contribution in [0.2, 0.25) is 0 Å². The molecule has 1 saturated heterocycles. The highest BCUT2D eigenvalue weighted by molar-refractivity contribution is 7.14. The third-order valence-corrected chi connectivity index (χ3v) is 7.36. The van der Waals surface area contributed by atoms with E-state index < -0.39 is 12.1 Å². The molecule has 1 aromatic heterocycles. The van der Waals surface area contributed by atoms with Crippen LogP contribution in [0.5, 0.6) is 0 Å². The summed E-state index contributed by atoms with van der Waals surface area (Å²) in [6, 6.07) is 25.5. The molecule has 0 spiro atoms. The summed E-state index contributed by atoms with van der Waals surface area (Å²) in [7, 11) is 1.75. The Hall–Kier alpha value is -4.50. The number of thiazole rings is 1. The van der Waals surface area contributed by atoms with Crippen LogP contribution in [0.4, 0.5) is 15.6 Å². The van der Waals surface area contributed by atoms with Crippen LogP contribution in [0.3, 0.4) is 0 Å². The van der Waals surface area contributed by atoms with Crippen molar-refractivity contribution in [2.45, 2.75) is 25.5 Å². The van der Waals surface area contributed by atoms with Gasteiger partial charge in [0, 0.05) is 35.8 Å². The number of nitrogens with one attached hydrogen (secondary N) is 1. The Bertz CT molecular complexity index is 1440. The number of aromatic nitrogens is 1. The van der Waals surface area contributed by atoms with Crippen molar-refractivity contribution in [3.63, 3.8) is 0 Å². The summed E-state index contributed by atoms with van der Waals surface area (Å²) in [6.45, 7) is 0.632. The van der Waals surface area contributed by atoms with Crippen molar-refractivity contribution in [3.8, 4) is 11.3 Å². The lowest BCUT2D eigenvalue weighted by Crippen LogP contribution is -2.43. The topological polar surface area (TPSA) is 91.8 Å². The highest BCUT2D eigenvalue weighted by Crippen LogP contribution is 2.27. The van der Waals surface area contributed by atoms with Gasteiger partial charge in [-0.25, -0.2) is 9.78 Å². The van der Waals surface area contributed by atoms with E-state index in [0.717, 1.165) is 23.2 Å². The number of carbonyl (C=O) groups excluding carboxylic acids is 3. The second-order valence-electron chi connectivity index (χ2n) is 9.20. The second kappa shape index (κ2) is 11.9. The number of carbonyl (C=O) groups is 3. The van der Waals surface area contributed by atoms with E-state index in [1.807, 2.05) is 78.2 Å². The summed E-state index contributed by atoms with van der Waals surface area (Å²) in [6.07, 6.45) is 0.799. The molecule has 0 aliphatic carbocycles. The van der Waals surface area contributed by atoms with Crippen LogP contribution in [-0.4, -0.2) is 47.4 Å². The summed E-state index contributed by atoms with van der Waals surface area (Å²) >= 11 is 1.31. The molecule has 3 aromatic carbocycles. The molecule has 9 heteroatoms. The summed E-state index contributed by atoms with van der Waals surface area (Å²) in [5.41, 5.74) is 3.79. The number of hydrogen-bond acceptors (Lipinski definition) is 6. The fraction of sp³-hybridized carbons (Fsp3) is 0.200. The Morgan fingerprint density at radius 1 is 1.00 bits per heavy atom. The highest BCUT2D eigenvalue weighted by Gasteiger charge is 2.35. The number of benzene rings is 3. The van der Waals surface area contributed by atoms with Gasteiger partial charge in [-0.05, 0) is 42.7 Å². The summed E-state index contributed by atoms with van der Waals surface area (Å²) in [4.78, 5) is 46.2. The van der Waals surface area contributed by atoms with E-state index in [1.165, 1.54) is 16.2 Å². The molecule has 0 saturated carbocycles. The third kappa shape index (κ3) is 6.15. The van der Waals surface area contributed by atoms with Crippen molar-refractivity contribution in [1.29, 1.82) is 0 Å². The van der Waals surface area contributed by atoms with E-state index in [4.69, 9.17) is 4.74 Å². The minimum absolute atomic E-state index is 0.109. The van der Waals surface area contributed by atoms with Crippen LogP contribution in [-0.2, 0) is 16.1 Å². The van der Waals surface area contributed by atoms with E-state index >= 15 is 0 Å². The van der Waals surface area contributed by atoms with Crippen molar-refractivity contribution in [1.82, 2.24) is 9.88 Å². The molecular formula is C30H28N4O4S. The van der Waals surface area contributed by atoms with Gasteiger partial charge in [-0.1, -0.05) is 60.7 Å². The number of rotatable bonds is 7. The van der Waals surface area contributed by atoms with Crippen molar-refractivity contribution >= 4 is 40.1 Å². The maximum Gasteiger partial charge on any atom is 0.410 e. The molecule has 0 unspecified atom stereocenters. The Kier molecular flexibility index (Phi) is 7.98. The zero-order valence-corrected chi connectivity index (χ0v) is 22.3. The average molecular weight is 541 g/mol. The van der Waals surface area contributed by atoms with Gasteiger partial charge in [-0.3, -0.25) is 14.5 Å². The fourth-order valence-electron chi connectivity index (χ4n) is 4.46. The van der Waals surface area contributed by atoms with Gasteiger partial charge in [-0.2, -0.15) is 0 Å². The van der Waals surface area contributed by atoms with Crippen LogP contribution in [0, 0.1) is 0 Å². The second-order valence-corrected chi connectivity index (χ2v) is 10.1. The molecule has 1 aliphatic rings. The number of nitrogens with zero attached hydrogens (tertiary/aromatic N) is 3. The standard InChI is InChI=1S/C30H28N4O4S/c1-33(24-11-6-3-7-12-24)28(36)23-16-14-22(15-17-23)25-20-39-29(31-25)32-27(35)26-13-8-18-34(26)30(37)38-19-21-9-4-2-5-10-21/h2-7,9-12,14-17,20,26H,8,13,18-19H2,1H3,(H,31,32,35)/t26-/m1/s1. The van der Waals surface area contributed by atoms with E-state index in [9.17, 15) is 14.4 Å². The van der Waals surface area contributed by atoms with Crippen LogP contribution in [0.1, 0.15) is 28.8 Å². The number of ether oxygens (including phenoxy) is 1. The first-order valence-electron chi connectivity index (χ1n) is 12.7. The molecule has 0 radical (unpaired) electrons. The Labute approximate surface area is 230 Å². The van der Waals surface area contributed by atoms with Crippen molar-refractivity contribution in [3.05, 3.63) is 101 Å². The molecule has 1 N–H and O–H groups in total. The van der Waals surface area contributed by atoms with Gasteiger partial charge < -0.3 is 15.0 Å². The maximum absolute atomic E-state index is 13.0. The third-order valence-electron chi connectivity index (χ3n) is 6.61. The smallest absolute Gasteiger partial charge is 0.410 e. The van der Waals surface area contributed by atoms with E-state index in [1.54, 1.807) is 24.1 Å². The molecule has 0 bridgehead atoms. The van der Waals surface area contributed by atoms with E-state index in [0.29, 0.717) is 29.4 Å². The van der Waals surface area contributed by atoms with Gasteiger partial charge in [0.1, 0.15) is 12.6 Å². The molecule has 1 fully saturated rings. The van der Waals surface area contributed by atoms with Gasteiger partial charge in [0.15, 0.2) is 5.13 Å². The summed E-state index contributed by atoms with van der Waals surface area (Å²) in [5.74, 6) is -0.391. The zero-order valence-electron chi connectivity index (χ0n) is 21.4. The summed E-state index contributed by atoms with van der Waals surface area (Å²) in [5, 5.41) is 5.15. The number of amides is 3. The molecule has 39 heavy (non-hydrogen) atoms. The van der Waals surface area contributed by atoms with Gasteiger partial charge in [0.05, 0.1) is 5.69 Å². The van der Waals surface area contributed by atoms with Gasteiger partial charge in [-0.15, -0.1) is 11.3 Å². The fourth-order valence-corrected chi connectivity index (χ4v) is 5.18. The van der Waals surface area contributed by atoms with Gasteiger partial charge in [0.2, 0.25) is 5.91 Å². The van der Waals surface area contributed by atoms with Crippen molar-refractivity contribution < 1.29 is 19.1 Å². The minimum atomic E-state index is -0.604. The average Bonchev–Trinajstić information content (AvgIpc) is 3.67. The lowest BCUT2D eigenvalue weighted by atomic mass is 10.1. The monoisotopic (exact) mass is 540 g/mol. The molecule has 198 valence electrons. The van der Waals surface area contributed by atoms with Crippen LogP contribution >= 0.6 is 11.3 Å². The molecular weight excluding hydrogens is 512 g/mol. The van der Waals surface area contributed by atoms with Crippen LogP contribution in [0.15, 0.2) is 90.3 Å². The zero-order chi connectivity index (χ0) is 27.2. The van der Waals surface area contributed by atoms with Gasteiger partial charge in [0.25, 0.3) is 5.91 Å². The molecule has 4 aromatic rings. The van der Waals surface area contributed by atoms with E-state index in [-0.39, 0.29) is 18.4 Å². The Morgan fingerprint density at radius 3 is 2.41 bits per heavy atom. The number of para-hydroxylation sites is 1. The molecule has 3 amide bonds. The minimum Gasteiger partial charge on any atom is -0.445 e. The SMILES string of the molecule is CN(C(=O)c1ccc(-c2csc(NC(=O)[C@H]3CCCN3C(=O)OCc3ccccc3)n2)cc1)c1ccccc1. The lowest BCUT2D eigenvalue weighted by Gasteiger charge is -2.22. The molecule has 1 aliphatic heterocycles. The summed E-state index contributed by atoms with van der Waals surface area (Å²) < 4.78 is 5.44. The molecule has 1 atom stereocenters. The molecule has 2 heterocycles. The van der Waals surface area contributed by atoms with Crippen molar-refractivity contribution in [2.75, 3.05) is 23.8 Å². The molecule has 8 nitrogen and oxygen atoms in total. The predicted octanol–water partition coefficient (Wildman–Crippen LogP) is 5.83. The van der Waals surface area contributed by atoms with E-state index in [2.05, 4.69) is 10.3 Å². The first-order valence-corrected chi connectivity index (χ1v) is 13.5. The lowest BCUT2D eigenvalue weighted by molar-refractivity contribution is -0.120. The van der Waals surface area contributed by atoms with Crippen LogP contribution in [0.25, 0.3) is 11.3 Å². The maximum atomic E-state index is 13.0. The van der Waals surface area contributed by atoms with Crippen molar-refractivity contribution in [2.24, 2.45) is 0 Å². The quantitative estimate of drug-likeness (QED) is 0.319. The Balaban J connectivity index is 1.18. The Morgan fingerprint density at radius 2 is 1.69 bits per heavy atom. The molecule has 5 rings (SSSR count). The predicted molar refractivity (Wildman–Crippen MR) is 152 cm³/mol. The normalized spacial score (nSPS) is 14.6. The number of hydrogen-bond donors (Lipinski definition) is 1. The largest absolute Gasteiger partial charge is 0.445 e. The number of likely N-dealkylation sites (tertiary alicyclic amines) is 1.